The number of nitrogens with zero attached hydrogens (tertiary/aromatic N) is 2. The first-order valence-corrected chi connectivity index (χ1v) is 6.37. The second-order valence-electron chi connectivity index (χ2n) is 3.97. The number of halogens is 2. The summed E-state index contributed by atoms with van der Waals surface area (Å²) in [6.07, 6.45) is 1.91. The van der Waals surface area contributed by atoms with Crippen molar-refractivity contribution in [1.29, 1.82) is 0 Å². The van der Waals surface area contributed by atoms with Gasteiger partial charge in [-0.15, -0.1) is 0 Å². The van der Waals surface area contributed by atoms with Crippen LogP contribution in [0.1, 0.15) is 13.8 Å². The SMILES string of the molecule is CCOC(=O)Cn1c[n+](CC)c2ccc(Cl)cc21.[Br-]. The topological polar surface area (TPSA) is 35.1 Å². The molecule has 0 spiro atoms. The largest absolute Gasteiger partial charge is 1.00 e. The lowest BCUT2D eigenvalue weighted by molar-refractivity contribution is -0.668. The summed E-state index contributed by atoms with van der Waals surface area (Å²) in [5.41, 5.74) is 2.00. The van der Waals surface area contributed by atoms with E-state index in [0.717, 1.165) is 17.6 Å². The van der Waals surface area contributed by atoms with Gasteiger partial charge in [-0.2, -0.15) is 0 Å². The number of benzene rings is 1. The van der Waals surface area contributed by atoms with Gasteiger partial charge in [-0.25, -0.2) is 13.9 Å². The van der Waals surface area contributed by atoms with Crippen LogP contribution in [0.3, 0.4) is 0 Å². The highest BCUT2D eigenvalue weighted by Gasteiger charge is 2.17. The maximum atomic E-state index is 11.6. The highest BCUT2D eigenvalue weighted by atomic mass is 79.9. The van der Waals surface area contributed by atoms with E-state index >= 15 is 0 Å². The number of rotatable bonds is 4. The first-order chi connectivity index (χ1) is 8.65. The zero-order valence-corrected chi connectivity index (χ0v) is 13.2. The Morgan fingerprint density at radius 3 is 2.79 bits per heavy atom. The molecule has 4 nitrogen and oxygen atoms in total. The van der Waals surface area contributed by atoms with Crippen LogP contribution in [0.25, 0.3) is 11.0 Å². The minimum atomic E-state index is -0.238. The van der Waals surface area contributed by atoms with Gasteiger partial charge in [0, 0.05) is 11.1 Å². The van der Waals surface area contributed by atoms with Gasteiger partial charge in [-0.05, 0) is 26.0 Å². The maximum absolute atomic E-state index is 11.6. The number of carbonyl (C=O) groups excluding carboxylic acids is 1. The summed E-state index contributed by atoms with van der Waals surface area (Å²) in [5, 5.41) is 0.661. The van der Waals surface area contributed by atoms with Crippen molar-refractivity contribution in [2.24, 2.45) is 0 Å². The molecule has 1 aromatic heterocycles. The van der Waals surface area contributed by atoms with Gasteiger partial charge in [0.1, 0.15) is 0 Å². The van der Waals surface area contributed by atoms with E-state index in [1.165, 1.54) is 0 Å². The molecule has 0 unspecified atom stereocenters. The monoisotopic (exact) mass is 346 g/mol. The molecule has 0 saturated heterocycles. The molecule has 0 N–H and O–H groups in total. The first kappa shape index (κ1) is 16.0. The number of aromatic nitrogens is 2. The predicted molar refractivity (Wildman–Crippen MR) is 69.5 cm³/mol. The van der Waals surface area contributed by atoms with Crippen molar-refractivity contribution < 1.29 is 31.1 Å². The molecule has 0 radical (unpaired) electrons. The average Bonchev–Trinajstić information content (AvgIpc) is 2.67. The van der Waals surface area contributed by atoms with Crippen LogP contribution in [-0.4, -0.2) is 17.1 Å². The van der Waals surface area contributed by atoms with E-state index < -0.39 is 0 Å². The number of esters is 1. The van der Waals surface area contributed by atoms with Crippen LogP contribution in [-0.2, 0) is 22.6 Å². The van der Waals surface area contributed by atoms with E-state index in [2.05, 4.69) is 11.5 Å². The summed E-state index contributed by atoms with van der Waals surface area (Å²) < 4.78 is 8.90. The Kier molecular flexibility index (Phi) is 5.82. The van der Waals surface area contributed by atoms with Crippen molar-refractivity contribution >= 4 is 28.6 Å². The summed E-state index contributed by atoms with van der Waals surface area (Å²) in [7, 11) is 0. The summed E-state index contributed by atoms with van der Waals surface area (Å²) in [6, 6.07) is 5.68. The molecule has 0 bridgehead atoms. The number of hydrogen-bond acceptors (Lipinski definition) is 2. The molecule has 1 heterocycles. The van der Waals surface area contributed by atoms with E-state index in [0.29, 0.717) is 11.6 Å². The van der Waals surface area contributed by atoms with Gasteiger partial charge in [-0.1, -0.05) is 11.6 Å². The Morgan fingerprint density at radius 2 is 2.16 bits per heavy atom. The van der Waals surface area contributed by atoms with Crippen molar-refractivity contribution in [2.75, 3.05) is 6.61 Å². The molecule has 0 fully saturated rings. The Balaban J connectivity index is 0.00000180. The van der Waals surface area contributed by atoms with E-state index in [1.54, 1.807) is 6.92 Å². The number of ether oxygens (including phenoxy) is 1. The van der Waals surface area contributed by atoms with Gasteiger partial charge in [0.05, 0.1) is 13.2 Å². The van der Waals surface area contributed by atoms with Crippen molar-refractivity contribution in [1.82, 2.24) is 4.57 Å². The molecule has 0 atom stereocenters. The summed E-state index contributed by atoms with van der Waals surface area (Å²) in [6.45, 7) is 5.30. The highest BCUT2D eigenvalue weighted by molar-refractivity contribution is 6.31. The third-order valence-electron chi connectivity index (χ3n) is 2.78. The van der Waals surface area contributed by atoms with Gasteiger partial charge < -0.3 is 21.7 Å². The standard InChI is InChI=1S/C13H16ClN2O2.BrH/c1-3-15-9-16(8-13(17)18-4-2)12-7-10(14)5-6-11(12)15;/h5-7,9H,3-4,8H2,1-2H3;1H/q+1;/p-1. The van der Waals surface area contributed by atoms with Crippen molar-refractivity contribution in [3.05, 3.63) is 29.5 Å². The molecule has 0 aliphatic heterocycles. The molecule has 0 amide bonds. The molecule has 2 rings (SSSR count). The van der Waals surface area contributed by atoms with Gasteiger partial charge >= 0.3 is 5.97 Å². The van der Waals surface area contributed by atoms with Crippen LogP contribution in [0.5, 0.6) is 0 Å². The third kappa shape index (κ3) is 3.48. The normalized spacial score (nSPS) is 10.3. The van der Waals surface area contributed by atoms with Gasteiger partial charge in [0.2, 0.25) is 6.33 Å². The molecule has 0 aliphatic rings. The number of aryl methyl sites for hydroxylation is 1. The quantitative estimate of drug-likeness (QED) is 0.534. The summed E-state index contributed by atoms with van der Waals surface area (Å²) in [5.74, 6) is -0.238. The van der Waals surface area contributed by atoms with Crippen LogP contribution < -0.4 is 21.5 Å². The molecule has 0 saturated carbocycles. The minimum absolute atomic E-state index is 0. The highest BCUT2D eigenvalue weighted by Crippen LogP contribution is 2.17. The molecule has 19 heavy (non-hydrogen) atoms. The second kappa shape index (κ2) is 6.91. The molecule has 6 heteroatoms. The van der Waals surface area contributed by atoms with E-state index in [-0.39, 0.29) is 29.5 Å². The molecule has 2 aromatic rings. The van der Waals surface area contributed by atoms with Crippen molar-refractivity contribution in [3.8, 4) is 0 Å². The fourth-order valence-electron chi connectivity index (χ4n) is 1.99. The van der Waals surface area contributed by atoms with Gasteiger partial charge in [0.15, 0.2) is 17.6 Å². The Morgan fingerprint density at radius 1 is 1.42 bits per heavy atom. The van der Waals surface area contributed by atoms with Gasteiger partial charge in [-0.3, -0.25) is 0 Å². The summed E-state index contributed by atoms with van der Waals surface area (Å²) in [4.78, 5) is 11.6. The fraction of sp³-hybridized carbons (Fsp3) is 0.385. The number of imidazole rings is 1. The predicted octanol–water partition coefficient (Wildman–Crippen LogP) is -0.831. The smallest absolute Gasteiger partial charge is 0.348 e. The Bertz CT molecular complexity index is 583. The van der Waals surface area contributed by atoms with Crippen LogP contribution in [0.15, 0.2) is 24.5 Å². The van der Waals surface area contributed by atoms with Crippen LogP contribution in [0, 0.1) is 0 Å². The number of fused-ring (bicyclic) bond motifs is 1. The van der Waals surface area contributed by atoms with E-state index in [1.807, 2.05) is 29.1 Å². The van der Waals surface area contributed by atoms with Crippen LogP contribution >= 0.6 is 11.6 Å². The molecule has 1 aromatic carbocycles. The van der Waals surface area contributed by atoms with Crippen molar-refractivity contribution in [3.63, 3.8) is 0 Å². The third-order valence-corrected chi connectivity index (χ3v) is 3.02. The van der Waals surface area contributed by atoms with Gasteiger partial charge in [0.25, 0.3) is 0 Å². The molecule has 104 valence electrons. The second-order valence-corrected chi connectivity index (χ2v) is 4.40. The van der Waals surface area contributed by atoms with E-state index in [9.17, 15) is 4.79 Å². The number of hydrogen-bond donors (Lipinski definition) is 0. The lowest BCUT2D eigenvalue weighted by Crippen LogP contribution is -3.00. The zero-order chi connectivity index (χ0) is 13.1. The zero-order valence-electron chi connectivity index (χ0n) is 10.9. The minimum Gasteiger partial charge on any atom is -1.00 e. The van der Waals surface area contributed by atoms with E-state index in [4.69, 9.17) is 16.3 Å². The van der Waals surface area contributed by atoms with Crippen LogP contribution in [0.4, 0.5) is 0 Å². The molecular formula is C13H16BrClN2O2. The van der Waals surface area contributed by atoms with Crippen molar-refractivity contribution in [2.45, 2.75) is 26.9 Å². The average molecular weight is 348 g/mol. The Hall–Kier alpha value is -1.07. The first-order valence-electron chi connectivity index (χ1n) is 5.99. The lowest BCUT2D eigenvalue weighted by atomic mass is 10.3. The maximum Gasteiger partial charge on any atom is 0.348 e. The fourth-order valence-corrected chi connectivity index (χ4v) is 2.15. The molecule has 0 aliphatic carbocycles. The summed E-state index contributed by atoms with van der Waals surface area (Å²) >= 11 is 6.00. The number of carbonyl (C=O) groups is 1. The Labute approximate surface area is 127 Å². The lowest BCUT2D eigenvalue weighted by Gasteiger charge is -1.99. The van der Waals surface area contributed by atoms with Crippen LogP contribution in [0.2, 0.25) is 5.02 Å². The molecular weight excluding hydrogens is 332 g/mol.